The first-order valence-electron chi connectivity index (χ1n) is 8.28. The largest absolute Gasteiger partial charge is 0.394 e. The van der Waals surface area contributed by atoms with Crippen molar-refractivity contribution in [2.75, 3.05) is 20.3 Å². The van der Waals surface area contributed by atoms with Gasteiger partial charge in [-0.15, -0.1) is 0 Å². The Morgan fingerprint density at radius 3 is 2.07 bits per heavy atom. The lowest BCUT2D eigenvalue weighted by atomic mass is 9.98. The summed E-state index contributed by atoms with van der Waals surface area (Å²) in [7, 11) is 1.27. The second kappa shape index (κ2) is 9.67. The van der Waals surface area contributed by atoms with Gasteiger partial charge in [-0.25, -0.2) is 0 Å². The van der Waals surface area contributed by atoms with E-state index in [4.69, 9.17) is 31.5 Å². The van der Waals surface area contributed by atoms with Gasteiger partial charge in [0.2, 0.25) is 0 Å². The summed E-state index contributed by atoms with van der Waals surface area (Å²) in [6, 6.07) is 0. The molecule has 0 amide bonds. The number of ether oxygens (including phenoxy) is 3. The van der Waals surface area contributed by atoms with E-state index < -0.39 is 68.0 Å². The molecule has 9 N–H and O–H groups in total. The van der Waals surface area contributed by atoms with Gasteiger partial charge in [0.25, 0.3) is 0 Å². The molecule has 2 aliphatic heterocycles. The molecular formula is C14H26N2O10S. The number of aliphatic hydroxyl groups excluding tert-OH is 7. The van der Waals surface area contributed by atoms with Crippen LogP contribution in [0.15, 0.2) is 0 Å². The number of thiocarbonyl (C=S) groups is 1. The van der Waals surface area contributed by atoms with Gasteiger partial charge in [-0.05, 0) is 12.2 Å². The van der Waals surface area contributed by atoms with Crippen molar-refractivity contribution in [3.8, 4) is 0 Å². The van der Waals surface area contributed by atoms with Crippen LogP contribution in [0, 0.1) is 0 Å². The van der Waals surface area contributed by atoms with E-state index in [1.165, 1.54) is 7.11 Å². The third kappa shape index (κ3) is 5.02. The molecule has 0 bridgehead atoms. The number of aliphatic hydroxyl groups is 7. The third-order valence-corrected chi connectivity index (χ3v) is 4.79. The Bertz CT molecular complexity index is 499. The van der Waals surface area contributed by atoms with Crippen LogP contribution in [-0.4, -0.2) is 122 Å². The average molecular weight is 414 g/mol. The fraction of sp³-hybridized carbons (Fsp3) is 0.929. The van der Waals surface area contributed by atoms with Crippen molar-refractivity contribution in [2.24, 2.45) is 0 Å². The summed E-state index contributed by atoms with van der Waals surface area (Å²) >= 11 is 5.05. The predicted molar refractivity (Wildman–Crippen MR) is 91.2 cm³/mol. The molecule has 12 nitrogen and oxygen atoms in total. The Morgan fingerprint density at radius 2 is 1.48 bits per heavy atom. The molecule has 0 radical (unpaired) electrons. The minimum atomic E-state index is -1.56. The maximum Gasteiger partial charge on any atom is 0.186 e. The number of hydrogen-bond donors (Lipinski definition) is 9. The zero-order valence-electron chi connectivity index (χ0n) is 14.5. The van der Waals surface area contributed by atoms with Crippen LogP contribution in [0.4, 0.5) is 0 Å². The zero-order chi connectivity index (χ0) is 20.3. The van der Waals surface area contributed by atoms with E-state index in [0.717, 1.165) is 0 Å². The minimum absolute atomic E-state index is 0.0512. The molecule has 27 heavy (non-hydrogen) atoms. The van der Waals surface area contributed by atoms with E-state index in [1.807, 2.05) is 0 Å². The van der Waals surface area contributed by atoms with E-state index in [0.29, 0.717) is 0 Å². The van der Waals surface area contributed by atoms with Crippen LogP contribution >= 0.6 is 12.2 Å². The summed E-state index contributed by atoms with van der Waals surface area (Å²) in [5, 5.41) is 73.3. The predicted octanol–water partition coefficient (Wildman–Crippen LogP) is -5.30. The highest BCUT2D eigenvalue weighted by Crippen LogP contribution is 2.22. The first-order valence-corrected chi connectivity index (χ1v) is 8.69. The molecule has 0 aromatic heterocycles. The van der Waals surface area contributed by atoms with Gasteiger partial charge in [0.1, 0.15) is 48.8 Å². The highest BCUT2D eigenvalue weighted by Gasteiger charge is 2.45. The van der Waals surface area contributed by atoms with Crippen LogP contribution in [0.5, 0.6) is 0 Å². The first-order chi connectivity index (χ1) is 12.7. The Balaban J connectivity index is 1.88. The Hall–Kier alpha value is -0.710. The Morgan fingerprint density at radius 1 is 0.889 bits per heavy atom. The van der Waals surface area contributed by atoms with E-state index in [1.54, 1.807) is 0 Å². The summed E-state index contributed by atoms with van der Waals surface area (Å²) < 4.78 is 15.5. The Kier molecular flexibility index (Phi) is 8.08. The zero-order valence-corrected chi connectivity index (χ0v) is 15.3. The van der Waals surface area contributed by atoms with Crippen LogP contribution in [0.3, 0.4) is 0 Å². The summed E-state index contributed by atoms with van der Waals surface area (Å²) in [4.78, 5) is 0. The van der Waals surface area contributed by atoms with Crippen molar-refractivity contribution in [1.82, 2.24) is 10.6 Å². The van der Waals surface area contributed by atoms with Crippen molar-refractivity contribution in [2.45, 2.75) is 61.3 Å². The average Bonchev–Trinajstić information content (AvgIpc) is 2.66. The van der Waals surface area contributed by atoms with Gasteiger partial charge in [-0.3, -0.25) is 0 Å². The highest BCUT2D eigenvalue weighted by molar-refractivity contribution is 7.80. The Labute approximate surface area is 160 Å². The lowest BCUT2D eigenvalue weighted by Crippen LogP contribution is -2.64. The van der Waals surface area contributed by atoms with Gasteiger partial charge < -0.3 is 60.6 Å². The summed E-state index contributed by atoms with van der Waals surface area (Å²) in [5.41, 5.74) is 0. The van der Waals surface area contributed by atoms with E-state index in [9.17, 15) is 30.6 Å². The first kappa shape index (κ1) is 22.6. The lowest BCUT2D eigenvalue weighted by molar-refractivity contribution is -0.288. The fourth-order valence-electron chi connectivity index (χ4n) is 2.87. The number of rotatable bonds is 5. The molecule has 158 valence electrons. The molecule has 0 unspecified atom stereocenters. The number of nitrogens with one attached hydrogen (secondary N) is 2. The van der Waals surface area contributed by atoms with Crippen LogP contribution < -0.4 is 10.6 Å². The normalized spacial score (nSPS) is 45.3. The summed E-state index contributed by atoms with van der Waals surface area (Å²) in [5.74, 6) is 0. The van der Waals surface area contributed by atoms with Crippen LogP contribution in [-0.2, 0) is 14.2 Å². The van der Waals surface area contributed by atoms with Crippen LogP contribution in [0.25, 0.3) is 0 Å². The molecule has 0 aromatic carbocycles. The van der Waals surface area contributed by atoms with Gasteiger partial charge >= 0.3 is 0 Å². The van der Waals surface area contributed by atoms with Gasteiger partial charge in [0, 0.05) is 13.7 Å². The van der Waals surface area contributed by atoms with Crippen LogP contribution in [0.2, 0.25) is 0 Å². The van der Waals surface area contributed by atoms with E-state index >= 15 is 0 Å². The van der Waals surface area contributed by atoms with Gasteiger partial charge in [0.15, 0.2) is 17.6 Å². The molecule has 2 aliphatic rings. The molecular weight excluding hydrogens is 388 g/mol. The van der Waals surface area contributed by atoms with E-state index in [-0.39, 0.29) is 11.7 Å². The monoisotopic (exact) mass is 414 g/mol. The fourth-order valence-corrected chi connectivity index (χ4v) is 3.07. The summed E-state index contributed by atoms with van der Waals surface area (Å²) in [6.45, 7) is -0.669. The molecule has 0 spiro atoms. The quantitative estimate of drug-likeness (QED) is 0.194. The summed E-state index contributed by atoms with van der Waals surface area (Å²) in [6.07, 6.45) is -13.3. The highest BCUT2D eigenvalue weighted by atomic mass is 32.1. The third-order valence-electron chi connectivity index (χ3n) is 4.53. The van der Waals surface area contributed by atoms with Crippen molar-refractivity contribution in [3.63, 3.8) is 0 Å². The maximum atomic E-state index is 9.98. The van der Waals surface area contributed by atoms with Gasteiger partial charge in [-0.2, -0.15) is 0 Å². The molecule has 2 rings (SSSR count). The molecule has 2 saturated heterocycles. The second-order valence-electron chi connectivity index (χ2n) is 6.35. The molecule has 10 atom stereocenters. The standard InChI is InChI=1S/C14H26N2O10S/c1-24-13-11(23)9(21)6(18)4(26-13)2-15-14(27)16-12-10(22)8(20)7(19)5(3-17)25-12/h4-13,17-23H,2-3H2,1H3,(H2,15,16,27)/t4-,5-,6-,7-,8+,9+,10+,11-,12+,13+/m1/s1. The molecule has 0 saturated carbocycles. The number of methoxy groups -OCH3 is 1. The smallest absolute Gasteiger partial charge is 0.186 e. The van der Waals surface area contributed by atoms with Crippen molar-refractivity contribution < 1.29 is 50.0 Å². The van der Waals surface area contributed by atoms with Crippen LogP contribution in [0.1, 0.15) is 0 Å². The van der Waals surface area contributed by atoms with Crippen molar-refractivity contribution in [1.29, 1.82) is 0 Å². The molecule has 0 aliphatic carbocycles. The maximum absolute atomic E-state index is 9.98. The van der Waals surface area contributed by atoms with Crippen molar-refractivity contribution in [3.05, 3.63) is 0 Å². The molecule has 2 heterocycles. The van der Waals surface area contributed by atoms with E-state index in [2.05, 4.69) is 10.6 Å². The molecule has 0 aromatic rings. The van der Waals surface area contributed by atoms with Crippen molar-refractivity contribution >= 4 is 17.3 Å². The topological polar surface area (TPSA) is 193 Å². The SMILES string of the molecule is CO[C@H]1O[C@H](CNC(=S)N[C@H]2O[C@H](CO)[C@@H](O)[C@H](O)[C@@H]2O)[C@@H](O)[C@H](O)[C@H]1O. The van der Waals surface area contributed by atoms with Gasteiger partial charge in [-0.1, -0.05) is 0 Å². The lowest BCUT2D eigenvalue weighted by Gasteiger charge is -2.41. The second-order valence-corrected chi connectivity index (χ2v) is 6.76. The molecule has 13 heteroatoms. The molecule has 2 fully saturated rings. The minimum Gasteiger partial charge on any atom is -0.394 e. The number of hydrogen-bond acceptors (Lipinski definition) is 11. The van der Waals surface area contributed by atoms with Gasteiger partial charge in [0.05, 0.1) is 6.61 Å².